The lowest BCUT2D eigenvalue weighted by Gasteiger charge is -2.25. The van der Waals surface area contributed by atoms with Gasteiger partial charge in [0.05, 0.1) is 22.6 Å². The van der Waals surface area contributed by atoms with E-state index in [0.29, 0.717) is 30.4 Å². The van der Waals surface area contributed by atoms with Crippen LogP contribution in [0.1, 0.15) is 56.1 Å². The van der Waals surface area contributed by atoms with Crippen molar-refractivity contribution in [3.05, 3.63) is 99.9 Å². The van der Waals surface area contributed by atoms with Crippen molar-refractivity contribution in [2.24, 2.45) is 0 Å². The first kappa shape index (κ1) is 28.6. The second kappa shape index (κ2) is 11.8. The van der Waals surface area contributed by atoms with Gasteiger partial charge in [-0.25, -0.2) is 17.8 Å². The molecule has 40 heavy (non-hydrogen) atoms. The fraction of sp³-hybridized carbons (Fsp3) is 0.241. The number of aromatic hydroxyl groups is 1. The van der Waals surface area contributed by atoms with Crippen molar-refractivity contribution in [3.63, 3.8) is 0 Å². The summed E-state index contributed by atoms with van der Waals surface area (Å²) in [5, 5.41) is 20.8. The summed E-state index contributed by atoms with van der Waals surface area (Å²) in [6.07, 6.45) is 3.21. The average Bonchev–Trinajstić information content (AvgIpc) is 2.95. The number of hydrogen-bond donors (Lipinski definition) is 1. The smallest absolute Gasteiger partial charge is 0.296 e. The fourth-order valence-corrected chi connectivity index (χ4v) is 5.92. The van der Waals surface area contributed by atoms with Crippen LogP contribution >= 0.6 is 0 Å². The van der Waals surface area contributed by atoms with E-state index in [0.717, 1.165) is 24.8 Å². The van der Waals surface area contributed by atoms with Crippen LogP contribution in [0.2, 0.25) is 0 Å². The number of aryl methyl sites for hydroxylation is 1. The Hall–Kier alpha value is -4.43. The van der Waals surface area contributed by atoms with E-state index in [2.05, 4.69) is 16.0 Å². The minimum absolute atomic E-state index is 0.117. The molecule has 2 heterocycles. The number of nitrogens with zero attached hydrogens (tertiary/aromatic N) is 4. The quantitative estimate of drug-likeness (QED) is 0.272. The molecule has 0 amide bonds. The lowest BCUT2D eigenvalue weighted by atomic mass is 10.0. The Labute approximate surface area is 230 Å². The lowest BCUT2D eigenvalue weighted by molar-refractivity contribution is 0.358. The molecule has 8 nitrogen and oxygen atoms in total. The van der Waals surface area contributed by atoms with Gasteiger partial charge in [0.15, 0.2) is 10.7 Å². The third-order valence-electron chi connectivity index (χ3n) is 6.58. The van der Waals surface area contributed by atoms with Crippen molar-refractivity contribution in [3.8, 4) is 23.1 Å². The van der Waals surface area contributed by atoms with Crippen LogP contribution in [0.4, 0.5) is 8.78 Å². The number of pyridine rings is 1. The Morgan fingerprint density at radius 2 is 1.82 bits per heavy atom. The standard InChI is InChI=1S/C29H26F2N4O4S/c1-3-5-9-24-34-28(36)26(29(37)35(24)23(4-2)20-8-6-7-18(16-20)17-32)40(38,39)21-12-10-19(11-13-21)22-14-15-33-27(31)25(22)30/h6-8,10-16,23,37H,3-5,9H2,1-2H3. The predicted octanol–water partition coefficient (Wildman–Crippen LogP) is 5.34. The molecule has 0 aliphatic rings. The molecule has 11 heteroatoms. The number of unbranched alkanes of at least 4 members (excludes halogenated alkanes) is 1. The molecule has 4 aromatic rings. The minimum atomic E-state index is -4.59. The van der Waals surface area contributed by atoms with Gasteiger partial charge in [0.2, 0.25) is 21.7 Å². The lowest BCUT2D eigenvalue weighted by Crippen LogP contribution is -2.27. The summed E-state index contributed by atoms with van der Waals surface area (Å²) in [6, 6.07) is 14.2. The maximum atomic E-state index is 14.2. The summed E-state index contributed by atoms with van der Waals surface area (Å²) >= 11 is 0. The predicted molar refractivity (Wildman–Crippen MR) is 143 cm³/mol. The number of hydrogen-bond acceptors (Lipinski definition) is 7. The summed E-state index contributed by atoms with van der Waals surface area (Å²) in [7, 11) is -4.59. The van der Waals surface area contributed by atoms with Gasteiger partial charge in [-0.05, 0) is 54.3 Å². The molecule has 0 bridgehead atoms. The van der Waals surface area contributed by atoms with Crippen molar-refractivity contribution in [1.29, 1.82) is 5.26 Å². The van der Waals surface area contributed by atoms with E-state index in [1.165, 1.54) is 22.8 Å². The van der Waals surface area contributed by atoms with Crippen LogP contribution < -0.4 is 5.56 Å². The van der Waals surface area contributed by atoms with E-state index in [-0.39, 0.29) is 21.8 Å². The molecule has 0 saturated heterocycles. The molecule has 1 unspecified atom stereocenters. The highest BCUT2D eigenvalue weighted by atomic mass is 32.2. The summed E-state index contributed by atoms with van der Waals surface area (Å²) in [5.41, 5.74) is -0.00556. The van der Waals surface area contributed by atoms with Crippen molar-refractivity contribution in [2.75, 3.05) is 0 Å². The molecule has 0 spiro atoms. The van der Waals surface area contributed by atoms with Gasteiger partial charge in [-0.2, -0.15) is 14.6 Å². The molecule has 1 N–H and O–H groups in total. The van der Waals surface area contributed by atoms with Gasteiger partial charge in [-0.3, -0.25) is 9.36 Å². The van der Waals surface area contributed by atoms with E-state index in [4.69, 9.17) is 0 Å². The van der Waals surface area contributed by atoms with E-state index in [1.807, 2.05) is 13.8 Å². The van der Waals surface area contributed by atoms with Crippen molar-refractivity contribution in [1.82, 2.24) is 14.5 Å². The first-order valence-electron chi connectivity index (χ1n) is 12.6. The third-order valence-corrected chi connectivity index (χ3v) is 8.37. The van der Waals surface area contributed by atoms with Crippen molar-refractivity contribution >= 4 is 9.84 Å². The van der Waals surface area contributed by atoms with Gasteiger partial charge >= 0.3 is 0 Å². The number of aromatic nitrogens is 3. The normalized spacial score (nSPS) is 12.2. The van der Waals surface area contributed by atoms with Crippen LogP contribution in [0.25, 0.3) is 11.1 Å². The highest BCUT2D eigenvalue weighted by Crippen LogP contribution is 2.34. The molecule has 0 fully saturated rings. The summed E-state index contributed by atoms with van der Waals surface area (Å²) in [6.45, 7) is 3.78. The van der Waals surface area contributed by atoms with Gasteiger partial charge in [-0.1, -0.05) is 44.5 Å². The zero-order valence-electron chi connectivity index (χ0n) is 21.8. The van der Waals surface area contributed by atoms with Gasteiger partial charge in [0.1, 0.15) is 5.82 Å². The van der Waals surface area contributed by atoms with Crippen LogP contribution in [0.3, 0.4) is 0 Å². The largest absolute Gasteiger partial charge is 0.493 e. The van der Waals surface area contributed by atoms with E-state index >= 15 is 0 Å². The molecule has 4 rings (SSSR count). The van der Waals surface area contributed by atoms with Gasteiger partial charge in [0.25, 0.3) is 5.56 Å². The Kier molecular flexibility index (Phi) is 8.40. The summed E-state index contributed by atoms with van der Waals surface area (Å²) < 4.78 is 56.5. The van der Waals surface area contributed by atoms with Gasteiger partial charge in [-0.15, -0.1) is 0 Å². The maximum Gasteiger partial charge on any atom is 0.296 e. The summed E-state index contributed by atoms with van der Waals surface area (Å²) in [5.74, 6) is -3.01. The number of benzene rings is 2. The number of halogens is 2. The zero-order valence-corrected chi connectivity index (χ0v) is 22.6. The fourth-order valence-electron chi connectivity index (χ4n) is 4.58. The van der Waals surface area contributed by atoms with Crippen LogP contribution in [-0.2, 0) is 16.3 Å². The van der Waals surface area contributed by atoms with Crippen molar-refractivity contribution in [2.45, 2.75) is 55.4 Å². The number of nitriles is 1. The monoisotopic (exact) mass is 564 g/mol. The molecule has 0 radical (unpaired) electrons. The minimum Gasteiger partial charge on any atom is -0.493 e. The number of rotatable bonds is 9. The first-order chi connectivity index (χ1) is 19.1. The second-order valence-corrected chi connectivity index (χ2v) is 11.0. The van der Waals surface area contributed by atoms with Gasteiger partial charge < -0.3 is 5.11 Å². The SMILES string of the molecule is CCCCc1nc(=O)c(S(=O)(=O)c2ccc(-c3ccnc(F)c3F)cc2)c(O)n1C(CC)c1cccc(C#N)c1. The van der Waals surface area contributed by atoms with Gasteiger partial charge in [0, 0.05) is 18.2 Å². The topological polar surface area (TPSA) is 126 Å². The molecule has 2 aromatic carbocycles. The highest BCUT2D eigenvalue weighted by Gasteiger charge is 2.32. The van der Waals surface area contributed by atoms with E-state index in [9.17, 15) is 32.4 Å². The molecule has 0 aliphatic carbocycles. The van der Waals surface area contributed by atoms with Crippen LogP contribution in [0.5, 0.6) is 5.88 Å². The molecular weight excluding hydrogens is 538 g/mol. The third kappa shape index (κ3) is 5.35. The molecule has 1 atom stereocenters. The van der Waals surface area contributed by atoms with Crippen molar-refractivity contribution < 1.29 is 22.3 Å². The summed E-state index contributed by atoms with van der Waals surface area (Å²) in [4.78, 5) is 19.2. The molecule has 206 valence electrons. The Morgan fingerprint density at radius 3 is 2.48 bits per heavy atom. The van der Waals surface area contributed by atoms with E-state index < -0.39 is 44.0 Å². The van der Waals surface area contributed by atoms with Crippen LogP contribution in [-0.4, -0.2) is 28.1 Å². The first-order valence-corrected chi connectivity index (χ1v) is 14.1. The van der Waals surface area contributed by atoms with E-state index in [1.54, 1.807) is 24.3 Å². The molecule has 2 aromatic heterocycles. The van der Waals surface area contributed by atoms with Crippen LogP contribution in [0.15, 0.2) is 75.4 Å². The number of sulfone groups is 1. The molecule has 0 saturated carbocycles. The Bertz CT molecular complexity index is 1760. The Morgan fingerprint density at radius 1 is 1.10 bits per heavy atom. The Balaban J connectivity index is 1.88. The molecule has 0 aliphatic heterocycles. The maximum absolute atomic E-state index is 14.2. The second-order valence-electron chi connectivity index (χ2n) is 9.11. The highest BCUT2D eigenvalue weighted by molar-refractivity contribution is 7.91. The van der Waals surface area contributed by atoms with Crippen LogP contribution in [0, 0.1) is 23.1 Å². The molecular formula is C29H26F2N4O4S. The average molecular weight is 565 g/mol. The zero-order chi connectivity index (χ0) is 29.0.